The summed E-state index contributed by atoms with van der Waals surface area (Å²) < 4.78 is 5.44. The summed E-state index contributed by atoms with van der Waals surface area (Å²) in [5.41, 5.74) is 0. The van der Waals surface area contributed by atoms with Crippen LogP contribution in [0, 0.1) is 5.92 Å². The van der Waals surface area contributed by atoms with Crippen molar-refractivity contribution in [3.05, 3.63) is 0 Å². The van der Waals surface area contributed by atoms with Crippen LogP contribution in [0.2, 0.25) is 0 Å². The molecule has 0 saturated carbocycles. The lowest BCUT2D eigenvalue weighted by Crippen LogP contribution is -2.43. The lowest BCUT2D eigenvalue weighted by molar-refractivity contribution is -0.000899. The van der Waals surface area contributed by atoms with Crippen LogP contribution in [0.4, 0.5) is 0 Å². The van der Waals surface area contributed by atoms with E-state index < -0.39 is 0 Å². The second kappa shape index (κ2) is 8.90. The number of unbranched alkanes of at least 4 members (excludes halogenated alkanes) is 2. The second-order valence-corrected chi connectivity index (χ2v) is 5.62. The van der Waals surface area contributed by atoms with Crippen molar-refractivity contribution in [3.63, 3.8) is 0 Å². The van der Waals surface area contributed by atoms with E-state index in [2.05, 4.69) is 31.0 Å². The summed E-state index contributed by atoms with van der Waals surface area (Å²) in [7, 11) is 0. The maximum atomic E-state index is 5.44. The Labute approximate surface area is 107 Å². The molecule has 0 amide bonds. The van der Waals surface area contributed by atoms with Gasteiger partial charge in [0.25, 0.3) is 0 Å². The fourth-order valence-corrected chi connectivity index (χ4v) is 2.23. The fraction of sp³-hybridized carbons (Fsp3) is 1.00. The van der Waals surface area contributed by atoms with Gasteiger partial charge in [-0.1, -0.05) is 20.3 Å². The minimum absolute atomic E-state index is 0.614. The maximum absolute atomic E-state index is 5.44. The average molecular weight is 242 g/mol. The van der Waals surface area contributed by atoms with Crippen molar-refractivity contribution in [2.24, 2.45) is 5.92 Å². The van der Waals surface area contributed by atoms with Crippen molar-refractivity contribution in [3.8, 4) is 0 Å². The van der Waals surface area contributed by atoms with Gasteiger partial charge in [0.1, 0.15) is 0 Å². The standard InChI is InChI=1S/C14H30N2O/c1-13(2)11-15-7-5-4-6-8-16-9-10-17-12-14(16)3/h13-15H,4-12H2,1-3H3. The summed E-state index contributed by atoms with van der Waals surface area (Å²) in [6.07, 6.45) is 3.98. The van der Waals surface area contributed by atoms with Crippen LogP contribution in [-0.4, -0.2) is 50.3 Å². The number of nitrogens with zero attached hydrogens (tertiary/aromatic N) is 1. The second-order valence-electron chi connectivity index (χ2n) is 5.62. The molecule has 0 bridgehead atoms. The number of nitrogens with one attached hydrogen (secondary N) is 1. The smallest absolute Gasteiger partial charge is 0.0619 e. The first kappa shape index (κ1) is 14.9. The first-order valence-electron chi connectivity index (χ1n) is 7.22. The van der Waals surface area contributed by atoms with Gasteiger partial charge in [-0.3, -0.25) is 4.90 Å². The Balaban J connectivity index is 1.89. The topological polar surface area (TPSA) is 24.5 Å². The van der Waals surface area contributed by atoms with Crippen LogP contribution in [0.3, 0.4) is 0 Å². The van der Waals surface area contributed by atoms with Crippen LogP contribution in [0.25, 0.3) is 0 Å². The molecule has 1 heterocycles. The third kappa shape index (κ3) is 7.02. The summed E-state index contributed by atoms with van der Waals surface area (Å²) >= 11 is 0. The van der Waals surface area contributed by atoms with Crippen molar-refractivity contribution in [2.75, 3.05) is 39.4 Å². The minimum Gasteiger partial charge on any atom is -0.379 e. The van der Waals surface area contributed by atoms with Gasteiger partial charge >= 0.3 is 0 Å². The van der Waals surface area contributed by atoms with E-state index in [1.165, 1.54) is 32.4 Å². The van der Waals surface area contributed by atoms with E-state index in [-0.39, 0.29) is 0 Å². The van der Waals surface area contributed by atoms with Crippen LogP contribution in [0.1, 0.15) is 40.0 Å². The molecule has 102 valence electrons. The van der Waals surface area contributed by atoms with Crippen LogP contribution in [0.5, 0.6) is 0 Å². The highest BCUT2D eigenvalue weighted by atomic mass is 16.5. The Morgan fingerprint density at radius 1 is 1.29 bits per heavy atom. The number of hydrogen-bond acceptors (Lipinski definition) is 3. The van der Waals surface area contributed by atoms with Crippen molar-refractivity contribution in [1.82, 2.24) is 10.2 Å². The Morgan fingerprint density at radius 3 is 2.82 bits per heavy atom. The minimum atomic E-state index is 0.614. The molecule has 1 N–H and O–H groups in total. The molecule has 1 saturated heterocycles. The van der Waals surface area contributed by atoms with Crippen LogP contribution < -0.4 is 5.32 Å². The monoisotopic (exact) mass is 242 g/mol. The van der Waals surface area contributed by atoms with E-state index in [0.29, 0.717) is 6.04 Å². The van der Waals surface area contributed by atoms with Crippen LogP contribution in [0.15, 0.2) is 0 Å². The molecule has 0 radical (unpaired) electrons. The molecule has 3 nitrogen and oxygen atoms in total. The maximum Gasteiger partial charge on any atom is 0.0619 e. The average Bonchev–Trinajstić information content (AvgIpc) is 2.30. The van der Waals surface area contributed by atoms with Gasteiger partial charge in [-0.15, -0.1) is 0 Å². The molecular weight excluding hydrogens is 212 g/mol. The molecule has 1 rings (SSSR count). The highest BCUT2D eigenvalue weighted by Gasteiger charge is 2.17. The molecule has 1 aliphatic heterocycles. The Bertz CT molecular complexity index is 185. The van der Waals surface area contributed by atoms with E-state index in [1.807, 2.05) is 0 Å². The number of hydrogen-bond donors (Lipinski definition) is 1. The highest BCUT2D eigenvalue weighted by molar-refractivity contribution is 4.70. The first-order valence-corrected chi connectivity index (χ1v) is 7.22. The summed E-state index contributed by atoms with van der Waals surface area (Å²) in [5, 5.41) is 3.50. The summed E-state index contributed by atoms with van der Waals surface area (Å²) in [6, 6.07) is 0.614. The van der Waals surface area contributed by atoms with Crippen molar-refractivity contribution in [1.29, 1.82) is 0 Å². The molecule has 1 unspecified atom stereocenters. The van der Waals surface area contributed by atoms with E-state index >= 15 is 0 Å². The third-order valence-electron chi connectivity index (χ3n) is 3.36. The molecule has 3 heteroatoms. The van der Waals surface area contributed by atoms with Gasteiger partial charge in [-0.05, 0) is 45.3 Å². The van der Waals surface area contributed by atoms with Gasteiger partial charge in [0.15, 0.2) is 0 Å². The molecule has 1 atom stereocenters. The quantitative estimate of drug-likeness (QED) is 0.660. The summed E-state index contributed by atoms with van der Waals surface area (Å²) in [6.45, 7) is 13.3. The van der Waals surface area contributed by atoms with Gasteiger partial charge < -0.3 is 10.1 Å². The van der Waals surface area contributed by atoms with Gasteiger partial charge in [0, 0.05) is 12.6 Å². The number of rotatable bonds is 8. The van der Waals surface area contributed by atoms with Gasteiger partial charge in [-0.2, -0.15) is 0 Å². The molecule has 1 fully saturated rings. The van der Waals surface area contributed by atoms with Crippen molar-refractivity contribution in [2.45, 2.75) is 46.1 Å². The highest BCUT2D eigenvalue weighted by Crippen LogP contribution is 2.08. The summed E-state index contributed by atoms with van der Waals surface area (Å²) in [4.78, 5) is 2.56. The van der Waals surface area contributed by atoms with Crippen LogP contribution in [-0.2, 0) is 4.74 Å². The van der Waals surface area contributed by atoms with E-state index in [4.69, 9.17) is 4.74 Å². The third-order valence-corrected chi connectivity index (χ3v) is 3.36. The lowest BCUT2D eigenvalue weighted by Gasteiger charge is -2.33. The van der Waals surface area contributed by atoms with E-state index in [1.54, 1.807) is 0 Å². The molecule has 0 aromatic carbocycles. The van der Waals surface area contributed by atoms with Gasteiger partial charge in [0.05, 0.1) is 13.2 Å². The largest absolute Gasteiger partial charge is 0.379 e. The first-order chi connectivity index (χ1) is 8.20. The predicted molar refractivity (Wildman–Crippen MR) is 73.4 cm³/mol. The molecule has 1 aliphatic rings. The van der Waals surface area contributed by atoms with Gasteiger partial charge in [-0.25, -0.2) is 0 Å². The van der Waals surface area contributed by atoms with Crippen molar-refractivity contribution < 1.29 is 4.74 Å². The Morgan fingerprint density at radius 2 is 2.12 bits per heavy atom. The predicted octanol–water partition coefficient (Wildman–Crippen LogP) is 2.12. The SMILES string of the molecule is CC(C)CNCCCCCN1CCOCC1C. The molecule has 0 aliphatic carbocycles. The molecular formula is C14H30N2O. The summed E-state index contributed by atoms with van der Waals surface area (Å²) in [5.74, 6) is 0.768. The molecule has 0 aromatic heterocycles. The zero-order chi connectivity index (χ0) is 12.5. The Kier molecular flexibility index (Phi) is 7.82. The Hall–Kier alpha value is -0.120. The fourth-order valence-electron chi connectivity index (χ4n) is 2.23. The molecule has 0 spiro atoms. The number of morpholine rings is 1. The zero-order valence-corrected chi connectivity index (χ0v) is 11.9. The van der Waals surface area contributed by atoms with E-state index in [9.17, 15) is 0 Å². The van der Waals surface area contributed by atoms with E-state index in [0.717, 1.165) is 32.2 Å². The lowest BCUT2D eigenvalue weighted by atomic mass is 10.2. The molecule has 0 aromatic rings. The molecule has 17 heavy (non-hydrogen) atoms. The normalized spacial score (nSPS) is 22.2. The van der Waals surface area contributed by atoms with Crippen LogP contribution >= 0.6 is 0 Å². The zero-order valence-electron chi connectivity index (χ0n) is 11.9. The number of ether oxygens (including phenoxy) is 1. The van der Waals surface area contributed by atoms with Gasteiger partial charge in [0.2, 0.25) is 0 Å². The van der Waals surface area contributed by atoms with Crippen molar-refractivity contribution >= 4 is 0 Å².